The van der Waals surface area contributed by atoms with Crippen molar-refractivity contribution in [1.82, 2.24) is 5.32 Å². The van der Waals surface area contributed by atoms with Gasteiger partial charge in [0, 0.05) is 17.3 Å². The molecule has 0 heterocycles. The number of aryl methyl sites for hydroxylation is 1. The van der Waals surface area contributed by atoms with E-state index in [0.29, 0.717) is 11.6 Å². The molecular formula is C22H31ClN2O. The van der Waals surface area contributed by atoms with E-state index >= 15 is 0 Å². The van der Waals surface area contributed by atoms with Gasteiger partial charge in [-0.25, -0.2) is 0 Å². The Hall–Kier alpha value is -2.44. The molecule has 0 bridgehead atoms. The molecule has 2 N–H and O–H groups in total. The Kier molecular flexibility index (Phi) is 17.2. The summed E-state index contributed by atoms with van der Waals surface area (Å²) in [6.07, 6.45) is 8.00. The SMILES string of the molecule is C#C.CC.CC.Cc1ccc(Cl)cc1NCC(=O)NCc1ccccc1. The molecule has 2 aromatic rings. The first kappa shape index (κ1) is 25.8. The zero-order valence-corrected chi connectivity index (χ0v) is 17.2. The maximum Gasteiger partial charge on any atom is 0.239 e. The molecule has 0 aromatic heterocycles. The third-order valence-electron chi connectivity index (χ3n) is 2.97. The second kappa shape index (κ2) is 17.4. The van der Waals surface area contributed by atoms with Crippen molar-refractivity contribution in [2.24, 2.45) is 0 Å². The van der Waals surface area contributed by atoms with Crippen molar-refractivity contribution in [3.8, 4) is 12.8 Å². The van der Waals surface area contributed by atoms with Crippen LogP contribution in [0.2, 0.25) is 5.02 Å². The van der Waals surface area contributed by atoms with Crippen LogP contribution in [0.15, 0.2) is 48.5 Å². The third kappa shape index (κ3) is 11.2. The molecule has 0 aliphatic carbocycles. The second-order valence-corrected chi connectivity index (χ2v) is 5.01. The standard InChI is InChI=1S/C16H17ClN2O.2C2H6.C2H2/c1-12-7-8-14(17)9-15(12)18-11-16(20)19-10-13-5-3-2-4-6-13;3*1-2/h2-9,18H,10-11H2,1H3,(H,19,20);2*1-2H3;1-2H. The first-order valence-corrected chi connectivity index (χ1v) is 9.17. The molecule has 4 heteroatoms. The minimum Gasteiger partial charge on any atom is -0.376 e. The van der Waals surface area contributed by atoms with Crippen LogP contribution in [0.1, 0.15) is 38.8 Å². The molecule has 0 radical (unpaired) electrons. The van der Waals surface area contributed by atoms with Crippen LogP contribution in [0.5, 0.6) is 0 Å². The highest BCUT2D eigenvalue weighted by atomic mass is 35.5. The van der Waals surface area contributed by atoms with Gasteiger partial charge in [-0.05, 0) is 30.2 Å². The number of carbonyl (C=O) groups excluding carboxylic acids is 1. The Morgan fingerprint density at radius 2 is 1.58 bits per heavy atom. The monoisotopic (exact) mass is 374 g/mol. The van der Waals surface area contributed by atoms with Gasteiger partial charge in [0.1, 0.15) is 0 Å². The molecule has 0 aliphatic rings. The lowest BCUT2D eigenvalue weighted by atomic mass is 10.2. The van der Waals surface area contributed by atoms with Crippen LogP contribution < -0.4 is 10.6 Å². The molecule has 0 atom stereocenters. The quantitative estimate of drug-likeness (QED) is 0.661. The fourth-order valence-corrected chi connectivity index (χ4v) is 1.99. The minimum absolute atomic E-state index is 0.0479. The van der Waals surface area contributed by atoms with E-state index in [1.807, 2.05) is 83.1 Å². The zero-order chi connectivity index (χ0) is 20.4. The van der Waals surface area contributed by atoms with E-state index in [1.54, 1.807) is 0 Å². The van der Waals surface area contributed by atoms with Crippen LogP contribution >= 0.6 is 11.6 Å². The molecule has 0 saturated carbocycles. The van der Waals surface area contributed by atoms with Gasteiger partial charge in [0.15, 0.2) is 0 Å². The molecule has 3 nitrogen and oxygen atoms in total. The Labute approximate surface area is 164 Å². The summed E-state index contributed by atoms with van der Waals surface area (Å²) < 4.78 is 0. The lowest BCUT2D eigenvalue weighted by molar-refractivity contribution is -0.119. The van der Waals surface area contributed by atoms with E-state index in [9.17, 15) is 4.79 Å². The average Bonchev–Trinajstić information content (AvgIpc) is 2.72. The van der Waals surface area contributed by atoms with Gasteiger partial charge in [0.25, 0.3) is 0 Å². The van der Waals surface area contributed by atoms with E-state index in [2.05, 4.69) is 23.5 Å². The second-order valence-electron chi connectivity index (χ2n) is 4.58. The zero-order valence-electron chi connectivity index (χ0n) is 16.5. The van der Waals surface area contributed by atoms with Crippen molar-refractivity contribution in [2.75, 3.05) is 11.9 Å². The number of hydrogen-bond acceptors (Lipinski definition) is 2. The average molecular weight is 375 g/mol. The minimum atomic E-state index is -0.0479. The number of terminal acetylenes is 1. The molecule has 0 aliphatic heterocycles. The molecule has 2 aromatic carbocycles. The molecule has 142 valence electrons. The number of amides is 1. The van der Waals surface area contributed by atoms with Crippen molar-refractivity contribution in [3.63, 3.8) is 0 Å². The number of nitrogens with one attached hydrogen (secondary N) is 2. The predicted molar refractivity (Wildman–Crippen MR) is 116 cm³/mol. The number of rotatable bonds is 5. The Morgan fingerprint density at radius 1 is 1.00 bits per heavy atom. The van der Waals surface area contributed by atoms with Crippen molar-refractivity contribution < 1.29 is 4.79 Å². The largest absolute Gasteiger partial charge is 0.376 e. The van der Waals surface area contributed by atoms with Gasteiger partial charge in [-0.15, -0.1) is 12.8 Å². The molecule has 1 amide bonds. The number of hydrogen-bond donors (Lipinski definition) is 2. The highest BCUT2D eigenvalue weighted by molar-refractivity contribution is 6.30. The molecule has 26 heavy (non-hydrogen) atoms. The van der Waals surface area contributed by atoms with E-state index in [-0.39, 0.29) is 12.5 Å². The van der Waals surface area contributed by atoms with Crippen LogP contribution in [0.4, 0.5) is 5.69 Å². The molecule has 0 spiro atoms. The van der Waals surface area contributed by atoms with Gasteiger partial charge in [0.05, 0.1) is 6.54 Å². The lowest BCUT2D eigenvalue weighted by Gasteiger charge is -2.10. The van der Waals surface area contributed by atoms with Crippen molar-refractivity contribution in [3.05, 3.63) is 64.7 Å². The summed E-state index contributed by atoms with van der Waals surface area (Å²) in [5, 5.41) is 6.62. The fourth-order valence-electron chi connectivity index (χ4n) is 1.82. The Bertz CT molecular complexity index is 625. The van der Waals surface area contributed by atoms with E-state index < -0.39 is 0 Å². The van der Waals surface area contributed by atoms with Gasteiger partial charge in [-0.2, -0.15) is 0 Å². The Morgan fingerprint density at radius 3 is 2.15 bits per heavy atom. The van der Waals surface area contributed by atoms with Crippen LogP contribution in [0.3, 0.4) is 0 Å². The molecule has 2 rings (SSSR count). The predicted octanol–water partition coefficient (Wildman–Crippen LogP) is 5.68. The molecule has 0 saturated heterocycles. The maximum absolute atomic E-state index is 11.8. The van der Waals surface area contributed by atoms with Crippen LogP contribution in [0.25, 0.3) is 0 Å². The summed E-state index contributed by atoms with van der Waals surface area (Å²) in [7, 11) is 0. The molecule has 0 unspecified atom stereocenters. The smallest absolute Gasteiger partial charge is 0.239 e. The highest BCUT2D eigenvalue weighted by Crippen LogP contribution is 2.19. The highest BCUT2D eigenvalue weighted by Gasteiger charge is 2.03. The number of anilines is 1. The van der Waals surface area contributed by atoms with E-state index in [1.165, 1.54) is 0 Å². The van der Waals surface area contributed by atoms with Gasteiger partial charge < -0.3 is 10.6 Å². The van der Waals surface area contributed by atoms with E-state index in [0.717, 1.165) is 16.8 Å². The van der Waals surface area contributed by atoms with Crippen molar-refractivity contribution in [1.29, 1.82) is 0 Å². The van der Waals surface area contributed by atoms with Crippen molar-refractivity contribution >= 4 is 23.2 Å². The normalized spacial score (nSPS) is 8.31. The van der Waals surface area contributed by atoms with E-state index in [4.69, 9.17) is 11.6 Å². The summed E-state index contributed by atoms with van der Waals surface area (Å²) in [5.41, 5.74) is 3.03. The van der Waals surface area contributed by atoms with Crippen LogP contribution in [-0.2, 0) is 11.3 Å². The number of benzene rings is 2. The van der Waals surface area contributed by atoms with Gasteiger partial charge in [-0.1, -0.05) is 75.7 Å². The van der Waals surface area contributed by atoms with Gasteiger partial charge in [0.2, 0.25) is 5.91 Å². The topological polar surface area (TPSA) is 41.1 Å². The van der Waals surface area contributed by atoms with Crippen molar-refractivity contribution in [2.45, 2.75) is 41.2 Å². The lowest BCUT2D eigenvalue weighted by Crippen LogP contribution is -2.29. The third-order valence-corrected chi connectivity index (χ3v) is 3.21. The first-order chi connectivity index (χ1) is 12.6. The van der Waals surface area contributed by atoms with Gasteiger partial charge >= 0.3 is 0 Å². The first-order valence-electron chi connectivity index (χ1n) is 8.79. The Balaban J connectivity index is 0. The van der Waals surface area contributed by atoms with Crippen LogP contribution in [0, 0.1) is 19.8 Å². The summed E-state index contributed by atoms with van der Waals surface area (Å²) in [5.74, 6) is -0.0479. The number of halogens is 1. The number of carbonyl (C=O) groups is 1. The molecule has 0 fully saturated rings. The maximum atomic E-state index is 11.8. The summed E-state index contributed by atoms with van der Waals surface area (Å²) in [6.45, 7) is 10.7. The fraction of sp³-hybridized carbons (Fsp3) is 0.318. The van der Waals surface area contributed by atoms with Crippen LogP contribution in [-0.4, -0.2) is 12.5 Å². The summed E-state index contributed by atoms with van der Waals surface area (Å²) in [6, 6.07) is 15.4. The summed E-state index contributed by atoms with van der Waals surface area (Å²) in [4.78, 5) is 11.8. The van der Waals surface area contributed by atoms with Gasteiger partial charge in [-0.3, -0.25) is 4.79 Å². The molecular weight excluding hydrogens is 344 g/mol. The summed E-state index contributed by atoms with van der Waals surface area (Å²) >= 11 is 5.93.